The Balaban J connectivity index is 0.000000948. The molecule has 1 aliphatic heterocycles. The molecule has 26 heavy (non-hydrogen) atoms. The van der Waals surface area contributed by atoms with Crippen molar-refractivity contribution >= 4 is 33.4 Å². The van der Waals surface area contributed by atoms with Gasteiger partial charge in [0.15, 0.2) is 5.69 Å². The summed E-state index contributed by atoms with van der Waals surface area (Å²) >= 11 is 1.51. The summed E-state index contributed by atoms with van der Waals surface area (Å²) < 4.78 is 0.850. The SMILES string of the molecule is CC.C[C@H](Nc1nc(C(=O)N2CCC2)c2sccc2n1)c1ccccn1. The van der Waals surface area contributed by atoms with Crippen LogP contribution < -0.4 is 5.32 Å². The van der Waals surface area contributed by atoms with Gasteiger partial charge in [0, 0.05) is 19.3 Å². The highest BCUT2D eigenvalue weighted by atomic mass is 32.1. The first-order valence-electron chi connectivity index (χ1n) is 8.94. The molecule has 1 saturated heterocycles. The molecule has 7 heteroatoms. The number of aromatic nitrogens is 3. The van der Waals surface area contributed by atoms with E-state index in [0.717, 1.165) is 35.4 Å². The number of likely N-dealkylation sites (tertiary alicyclic amines) is 1. The van der Waals surface area contributed by atoms with Crippen molar-refractivity contribution in [3.8, 4) is 0 Å². The molecule has 0 radical (unpaired) electrons. The van der Waals surface area contributed by atoms with Crippen LogP contribution in [0.25, 0.3) is 10.2 Å². The van der Waals surface area contributed by atoms with Gasteiger partial charge in [-0.1, -0.05) is 19.9 Å². The standard InChI is InChI=1S/C17H17N5OS.C2H6/c1-11(12-5-2-3-7-18-12)19-17-20-13-6-10-24-15(13)14(21-17)16(23)22-8-4-9-22;1-2/h2-3,5-7,10-11H,4,8-9H2,1H3,(H,19,20,21);1-2H3/t11-;/m0./s1. The number of carbonyl (C=O) groups excluding carboxylic acids is 1. The molecule has 3 aromatic heterocycles. The van der Waals surface area contributed by atoms with Gasteiger partial charge in [-0.25, -0.2) is 9.97 Å². The Morgan fingerprint density at radius 2 is 2.04 bits per heavy atom. The Kier molecular flexibility index (Phi) is 5.78. The lowest BCUT2D eigenvalue weighted by Crippen LogP contribution is -2.42. The molecule has 4 rings (SSSR count). The largest absolute Gasteiger partial charge is 0.346 e. The van der Waals surface area contributed by atoms with Gasteiger partial charge in [-0.05, 0) is 36.9 Å². The average molecular weight is 369 g/mol. The molecular formula is C19H23N5OS. The van der Waals surface area contributed by atoms with E-state index in [-0.39, 0.29) is 11.9 Å². The van der Waals surface area contributed by atoms with E-state index in [0.29, 0.717) is 11.6 Å². The molecule has 1 amide bonds. The number of nitrogens with one attached hydrogen (secondary N) is 1. The Morgan fingerprint density at radius 1 is 1.23 bits per heavy atom. The maximum atomic E-state index is 12.6. The number of anilines is 1. The number of hydrogen-bond donors (Lipinski definition) is 1. The summed E-state index contributed by atoms with van der Waals surface area (Å²) in [7, 11) is 0. The normalized spacial score (nSPS) is 14.2. The van der Waals surface area contributed by atoms with Crippen LogP contribution >= 0.6 is 11.3 Å². The molecule has 0 aromatic carbocycles. The van der Waals surface area contributed by atoms with Crippen LogP contribution in [0.4, 0.5) is 5.95 Å². The van der Waals surface area contributed by atoms with Crippen LogP contribution in [-0.2, 0) is 0 Å². The predicted molar refractivity (Wildman–Crippen MR) is 106 cm³/mol. The van der Waals surface area contributed by atoms with Crippen molar-refractivity contribution < 1.29 is 4.79 Å². The topological polar surface area (TPSA) is 71.0 Å². The van der Waals surface area contributed by atoms with Gasteiger partial charge in [-0.3, -0.25) is 9.78 Å². The van der Waals surface area contributed by atoms with E-state index in [1.807, 2.05) is 55.3 Å². The zero-order chi connectivity index (χ0) is 18.5. The number of pyridine rings is 1. The zero-order valence-corrected chi connectivity index (χ0v) is 16.1. The highest BCUT2D eigenvalue weighted by Gasteiger charge is 2.26. The minimum atomic E-state index is -0.0470. The lowest BCUT2D eigenvalue weighted by Gasteiger charge is -2.30. The van der Waals surface area contributed by atoms with Gasteiger partial charge < -0.3 is 10.2 Å². The highest BCUT2D eigenvalue weighted by molar-refractivity contribution is 7.17. The number of rotatable bonds is 4. The molecule has 1 aliphatic rings. The van der Waals surface area contributed by atoms with Crippen molar-refractivity contribution in [3.05, 3.63) is 47.2 Å². The minimum Gasteiger partial charge on any atom is -0.346 e. The highest BCUT2D eigenvalue weighted by Crippen LogP contribution is 2.27. The van der Waals surface area contributed by atoms with E-state index >= 15 is 0 Å². The molecule has 4 heterocycles. The summed E-state index contributed by atoms with van der Waals surface area (Å²) in [5.74, 6) is 0.451. The van der Waals surface area contributed by atoms with E-state index in [9.17, 15) is 4.79 Å². The number of fused-ring (bicyclic) bond motifs is 1. The van der Waals surface area contributed by atoms with Crippen LogP contribution in [0.15, 0.2) is 35.8 Å². The molecule has 6 nitrogen and oxygen atoms in total. The maximum Gasteiger partial charge on any atom is 0.274 e. The first-order valence-corrected chi connectivity index (χ1v) is 9.82. The second kappa shape index (κ2) is 8.23. The second-order valence-corrected chi connectivity index (χ2v) is 6.71. The van der Waals surface area contributed by atoms with Gasteiger partial charge in [-0.2, -0.15) is 0 Å². The Labute approximate surface area is 157 Å². The summed E-state index contributed by atoms with van der Waals surface area (Å²) in [4.78, 5) is 27.9. The molecule has 0 aliphatic carbocycles. The first kappa shape index (κ1) is 18.3. The van der Waals surface area contributed by atoms with Crippen molar-refractivity contribution in [1.29, 1.82) is 0 Å². The smallest absolute Gasteiger partial charge is 0.274 e. The fourth-order valence-electron chi connectivity index (χ4n) is 2.64. The van der Waals surface area contributed by atoms with Gasteiger partial charge in [-0.15, -0.1) is 11.3 Å². The molecule has 0 unspecified atom stereocenters. The molecular weight excluding hydrogens is 346 g/mol. The number of carbonyl (C=O) groups is 1. The van der Waals surface area contributed by atoms with Gasteiger partial charge in [0.25, 0.3) is 5.91 Å². The average Bonchev–Trinajstić information content (AvgIpc) is 3.10. The summed E-state index contributed by atoms with van der Waals surface area (Å²) in [6.07, 6.45) is 2.82. The van der Waals surface area contributed by atoms with Gasteiger partial charge in [0.05, 0.1) is 22.0 Å². The third-order valence-electron chi connectivity index (χ3n) is 4.13. The van der Waals surface area contributed by atoms with Crippen LogP contribution in [0.3, 0.4) is 0 Å². The van der Waals surface area contributed by atoms with Gasteiger partial charge in [0.2, 0.25) is 5.95 Å². The molecule has 1 N–H and O–H groups in total. The fraction of sp³-hybridized carbons (Fsp3) is 0.368. The Bertz CT molecular complexity index is 876. The quantitative estimate of drug-likeness (QED) is 0.749. The Hall–Kier alpha value is -2.54. The van der Waals surface area contributed by atoms with E-state index in [1.165, 1.54) is 11.3 Å². The summed E-state index contributed by atoms with van der Waals surface area (Å²) in [6, 6.07) is 7.66. The zero-order valence-electron chi connectivity index (χ0n) is 15.3. The van der Waals surface area contributed by atoms with E-state index in [4.69, 9.17) is 0 Å². The number of nitrogens with zero attached hydrogens (tertiary/aromatic N) is 4. The monoisotopic (exact) mass is 369 g/mol. The van der Waals surface area contributed by atoms with Crippen LogP contribution in [-0.4, -0.2) is 38.8 Å². The second-order valence-electron chi connectivity index (χ2n) is 5.80. The molecule has 0 spiro atoms. The number of amides is 1. The van der Waals surface area contributed by atoms with E-state index in [1.54, 1.807) is 6.20 Å². The fourth-order valence-corrected chi connectivity index (χ4v) is 3.45. The van der Waals surface area contributed by atoms with Crippen molar-refractivity contribution in [1.82, 2.24) is 19.9 Å². The molecule has 1 fully saturated rings. The Morgan fingerprint density at radius 3 is 2.69 bits per heavy atom. The van der Waals surface area contributed by atoms with Crippen molar-refractivity contribution in [2.24, 2.45) is 0 Å². The minimum absolute atomic E-state index is 0.00959. The number of thiophene rings is 1. The van der Waals surface area contributed by atoms with Crippen LogP contribution in [0.1, 0.15) is 49.4 Å². The third kappa shape index (κ3) is 3.67. The first-order chi connectivity index (χ1) is 12.7. The summed E-state index contributed by atoms with van der Waals surface area (Å²) in [5, 5.41) is 5.20. The van der Waals surface area contributed by atoms with Crippen molar-refractivity contribution in [2.45, 2.75) is 33.2 Å². The van der Waals surface area contributed by atoms with Crippen LogP contribution in [0, 0.1) is 0 Å². The van der Waals surface area contributed by atoms with Crippen LogP contribution in [0.5, 0.6) is 0 Å². The predicted octanol–water partition coefficient (Wildman–Crippen LogP) is 4.13. The lowest BCUT2D eigenvalue weighted by molar-refractivity contribution is 0.0648. The summed E-state index contributed by atoms with van der Waals surface area (Å²) in [6.45, 7) is 7.62. The van der Waals surface area contributed by atoms with Crippen molar-refractivity contribution in [2.75, 3.05) is 18.4 Å². The maximum absolute atomic E-state index is 12.6. The van der Waals surface area contributed by atoms with E-state index in [2.05, 4.69) is 20.3 Å². The third-order valence-corrected chi connectivity index (χ3v) is 5.04. The molecule has 0 saturated carbocycles. The lowest BCUT2D eigenvalue weighted by atomic mass is 10.2. The number of hydrogen-bond acceptors (Lipinski definition) is 6. The van der Waals surface area contributed by atoms with Gasteiger partial charge >= 0.3 is 0 Å². The molecule has 136 valence electrons. The summed E-state index contributed by atoms with van der Waals surface area (Å²) in [5.41, 5.74) is 2.20. The van der Waals surface area contributed by atoms with E-state index < -0.39 is 0 Å². The molecule has 0 bridgehead atoms. The molecule has 3 aromatic rings. The van der Waals surface area contributed by atoms with Gasteiger partial charge in [0.1, 0.15) is 0 Å². The van der Waals surface area contributed by atoms with Crippen LogP contribution in [0.2, 0.25) is 0 Å². The molecule has 1 atom stereocenters. The van der Waals surface area contributed by atoms with Crippen molar-refractivity contribution in [3.63, 3.8) is 0 Å².